The molecule has 260 valence electrons. The molecule has 0 heterocycles. The van der Waals surface area contributed by atoms with Gasteiger partial charge in [-0.25, -0.2) is 17.6 Å². The predicted octanol–water partition coefficient (Wildman–Crippen LogP) is 13.9. The summed E-state index contributed by atoms with van der Waals surface area (Å²) < 4.78 is 55.0. The number of hydrogen-bond donors (Lipinski definition) is 0. The molecule has 0 aliphatic rings. The summed E-state index contributed by atoms with van der Waals surface area (Å²) in [7, 11) is 0. The van der Waals surface area contributed by atoms with Gasteiger partial charge in [-0.1, -0.05) is 146 Å². The number of rotatable bonds is 8. The second kappa shape index (κ2) is 15.1. The average Bonchev–Trinajstić information content (AvgIpc) is 3.22. The van der Waals surface area contributed by atoms with E-state index in [1.54, 1.807) is 48.5 Å². The van der Waals surface area contributed by atoms with Gasteiger partial charge in [0, 0.05) is 0 Å². The van der Waals surface area contributed by atoms with Crippen molar-refractivity contribution in [2.24, 2.45) is 0 Å². The third-order valence-electron chi connectivity index (χ3n) is 9.65. The number of benzene rings is 8. The Balaban J connectivity index is 1.32. The number of hydrogen-bond acceptors (Lipinski definition) is 0. The highest BCUT2D eigenvalue weighted by Gasteiger charge is 2.18. The molecule has 0 amide bonds. The molecule has 0 saturated heterocycles. The fourth-order valence-electron chi connectivity index (χ4n) is 6.80. The van der Waals surface area contributed by atoms with Gasteiger partial charge in [0.25, 0.3) is 0 Å². The van der Waals surface area contributed by atoms with E-state index in [0.29, 0.717) is 0 Å². The molecule has 0 spiro atoms. The van der Waals surface area contributed by atoms with Crippen LogP contribution in [0.4, 0.5) is 17.6 Å². The highest BCUT2D eigenvalue weighted by molar-refractivity contribution is 6.05. The summed E-state index contributed by atoms with van der Waals surface area (Å²) in [5, 5.41) is 0. The minimum atomic E-state index is -0.287. The lowest BCUT2D eigenvalue weighted by Gasteiger charge is -2.19. The second-order valence-corrected chi connectivity index (χ2v) is 13.1. The summed E-state index contributed by atoms with van der Waals surface area (Å²) in [6, 6.07) is 58.9. The standard InChI is InChI=1S/C50H32F4/c51-45-25-17-37(18-26-45)33-1-9-41(10-2-33)49(42-11-3-34(4-12-42)38-19-27-46(52)28-20-38)50(43-13-5-35(6-14-43)39-21-29-47(53)30-22-39)44-15-7-36(8-16-44)40-23-31-48(54)32-24-40/h1-32H. The van der Waals surface area contributed by atoms with Crippen molar-refractivity contribution in [2.45, 2.75) is 0 Å². The molecule has 54 heavy (non-hydrogen) atoms. The smallest absolute Gasteiger partial charge is 0.123 e. The zero-order chi connectivity index (χ0) is 37.0. The topological polar surface area (TPSA) is 0 Å². The van der Waals surface area contributed by atoms with E-state index in [0.717, 1.165) is 77.9 Å². The van der Waals surface area contributed by atoms with Gasteiger partial charge in [0.2, 0.25) is 0 Å². The number of halogens is 4. The van der Waals surface area contributed by atoms with Crippen molar-refractivity contribution in [1.29, 1.82) is 0 Å². The Morgan fingerprint density at radius 3 is 0.463 bits per heavy atom. The van der Waals surface area contributed by atoms with Gasteiger partial charge in [-0.05, 0) is 126 Å². The maximum atomic E-state index is 13.7. The van der Waals surface area contributed by atoms with Crippen LogP contribution in [-0.2, 0) is 0 Å². The van der Waals surface area contributed by atoms with Crippen LogP contribution in [0.15, 0.2) is 194 Å². The first kappa shape index (κ1) is 34.3. The van der Waals surface area contributed by atoms with Crippen molar-refractivity contribution in [3.63, 3.8) is 0 Å². The Labute approximate surface area is 312 Å². The molecule has 0 radical (unpaired) electrons. The van der Waals surface area contributed by atoms with Crippen LogP contribution >= 0.6 is 0 Å². The van der Waals surface area contributed by atoms with Gasteiger partial charge in [-0.2, -0.15) is 0 Å². The van der Waals surface area contributed by atoms with E-state index in [9.17, 15) is 17.6 Å². The summed E-state index contributed by atoms with van der Waals surface area (Å²) in [5.41, 5.74) is 13.3. The molecule has 0 unspecified atom stereocenters. The lowest BCUT2D eigenvalue weighted by molar-refractivity contribution is 0.627. The second-order valence-electron chi connectivity index (χ2n) is 13.1. The Morgan fingerprint density at radius 1 is 0.185 bits per heavy atom. The Kier molecular flexibility index (Phi) is 9.57. The van der Waals surface area contributed by atoms with E-state index in [4.69, 9.17) is 0 Å². The molecule has 0 bridgehead atoms. The van der Waals surface area contributed by atoms with Gasteiger partial charge < -0.3 is 0 Å². The van der Waals surface area contributed by atoms with E-state index < -0.39 is 0 Å². The van der Waals surface area contributed by atoms with Crippen molar-refractivity contribution in [2.75, 3.05) is 0 Å². The average molecular weight is 709 g/mol. The Bertz CT molecular complexity index is 2170. The fraction of sp³-hybridized carbons (Fsp3) is 0. The molecule has 8 aromatic rings. The van der Waals surface area contributed by atoms with Gasteiger partial charge in [-0.15, -0.1) is 0 Å². The lowest BCUT2D eigenvalue weighted by atomic mass is 9.84. The minimum absolute atomic E-state index is 0.287. The van der Waals surface area contributed by atoms with Crippen LogP contribution in [-0.4, -0.2) is 0 Å². The largest absolute Gasteiger partial charge is 0.207 e. The van der Waals surface area contributed by atoms with Crippen molar-refractivity contribution >= 4 is 11.1 Å². The van der Waals surface area contributed by atoms with Gasteiger partial charge in [-0.3, -0.25) is 0 Å². The van der Waals surface area contributed by atoms with Crippen LogP contribution < -0.4 is 0 Å². The van der Waals surface area contributed by atoms with Gasteiger partial charge in [0.15, 0.2) is 0 Å². The lowest BCUT2D eigenvalue weighted by Crippen LogP contribution is -1.98. The molecule has 0 saturated carbocycles. The molecular weight excluding hydrogens is 677 g/mol. The van der Waals surface area contributed by atoms with Crippen LogP contribution in [0.3, 0.4) is 0 Å². The maximum absolute atomic E-state index is 13.7. The Morgan fingerprint density at radius 2 is 0.315 bits per heavy atom. The molecule has 8 aromatic carbocycles. The third-order valence-corrected chi connectivity index (χ3v) is 9.65. The Hall–Kier alpha value is -6.78. The molecule has 0 atom stereocenters. The molecular formula is C50H32F4. The first-order valence-corrected chi connectivity index (χ1v) is 17.6. The minimum Gasteiger partial charge on any atom is -0.207 e. The zero-order valence-corrected chi connectivity index (χ0v) is 29.0. The highest BCUT2D eigenvalue weighted by Crippen LogP contribution is 2.39. The van der Waals surface area contributed by atoms with E-state index in [-0.39, 0.29) is 23.3 Å². The van der Waals surface area contributed by atoms with Crippen LogP contribution in [0, 0.1) is 23.3 Å². The molecule has 0 aromatic heterocycles. The van der Waals surface area contributed by atoms with Gasteiger partial charge in [0.1, 0.15) is 23.3 Å². The SMILES string of the molecule is Fc1ccc(-c2ccc(C(=C(c3ccc(-c4ccc(F)cc4)cc3)c3ccc(-c4ccc(F)cc4)cc3)c3ccc(-c4ccc(F)cc4)cc3)cc2)cc1. The molecule has 0 aliphatic carbocycles. The molecule has 4 heteroatoms. The first-order valence-electron chi connectivity index (χ1n) is 17.6. The summed E-state index contributed by atoms with van der Waals surface area (Å²) in [4.78, 5) is 0. The fourth-order valence-corrected chi connectivity index (χ4v) is 6.80. The monoisotopic (exact) mass is 708 g/mol. The van der Waals surface area contributed by atoms with Gasteiger partial charge >= 0.3 is 0 Å². The predicted molar refractivity (Wildman–Crippen MR) is 212 cm³/mol. The third kappa shape index (κ3) is 7.41. The van der Waals surface area contributed by atoms with Crippen molar-refractivity contribution in [3.05, 3.63) is 240 Å². The molecule has 0 N–H and O–H groups in total. The molecule has 8 rings (SSSR count). The zero-order valence-electron chi connectivity index (χ0n) is 29.0. The van der Waals surface area contributed by atoms with Crippen LogP contribution in [0.5, 0.6) is 0 Å². The van der Waals surface area contributed by atoms with E-state index in [1.165, 1.54) is 48.5 Å². The summed E-state index contributed by atoms with van der Waals surface area (Å²) >= 11 is 0. The summed E-state index contributed by atoms with van der Waals surface area (Å²) in [6.07, 6.45) is 0. The molecule has 0 aliphatic heterocycles. The van der Waals surface area contributed by atoms with Crippen molar-refractivity contribution in [1.82, 2.24) is 0 Å². The van der Waals surface area contributed by atoms with Crippen LogP contribution in [0.1, 0.15) is 22.3 Å². The van der Waals surface area contributed by atoms with Gasteiger partial charge in [0.05, 0.1) is 0 Å². The highest BCUT2D eigenvalue weighted by atomic mass is 19.1. The maximum Gasteiger partial charge on any atom is 0.123 e. The van der Waals surface area contributed by atoms with E-state index in [2.05, 4.69) is 48.5 Å². The quantitative estimate of drug-likeness (QED) is 0.109. The summed E-state index contributed by atoms with van der Waals surface area (Å²) in [5.74, 6) is -1.15. The van der Waals surface area contributed by atoms with Crippen LogP contribution in [0.2, 0.25) is 0 Å². The van der Waals surface area contributed by atoms with Crippen molar-refractivity contribution in [3.8, 4) is 44.5 Å². The molecule has 0 nitrogen and oxygen atoms in total. The van der Waals surface area contributed by atoms with Crippen LogP contribution in [0.25, 0.3) is 55.7 Å². The van der Waals surface area contributed by atoms with Crippen molar-refractivity contribution < 1.29 is 17.6 Å². The van der Waals surface area contributed by atoms with E-state index >= 15 is 0 Å². The molecule has 0 fully saturated rings. The van der Waals surface area contributed by atoms with E-state index in [1.807, 2.05) is 48.5 Å². The normalized spacial score (nSPS) is 11.0. The summed E-state index contributed by atoms with van der Waals surface area (Å²) in [6.45, 7) is 0. The first-order chi connectivity index (χ1) is 26.4.